The van der Waals surface area contributed by atoms with E-state index in [1.54, 1.807) is 65.8 Å². The molecule has 6 nitrogen and oxygen atoms in total. The van der Waals surface area contributed by atoms with Gasteiger partial charge >= 0.3 is 11.9 Å². The van der Waals surface area contributed by atoms with Gasteiger partial charge in [-0.1, -0.05) is 18.2 Å². The molecule has 0 saturated carbocycles. The van der Waals surface area contributed by atoms with E-state index in [2.05, 4.69) is 0 Å². The van der Waals surface area contributed by atoms with Gasteiger partial charge in [0.05, 0.1) is 5.92 Å². The molecule has 1 aromatic carbocycles. The topological polar surface area (TPSA) is 78.9 Å². The molecule has 2 unspecified atom stereocenters. The van der Waals surface area contributed by atoms with Crippen molar-refractivity contribution in [3.05, 3.63) is 30.3 Å². The van der Waals surface area contributed by atoms with E-state index >= 15 is 0 Å². The number of esters is 2. The second-order valence-electron chi connectivity index (χ2n) is 8.73. The molecule has 1 rings (SSSR count). The van der Waals surface area contributed by atoms with Crippen molar-refractivity contribution in [1.29, 1.82) is 0 Å². The monoisotopic (exact) mass is 412 g/mol. The largest absolute Gasteiger partial charge is 0.460 e. The van der Waals surface area contributed by atoms with Crippen LogP contribution in [0.5, 0.6) is 0 Å². The summed E-state index contributed by atoms with van der Waals surface area (Å²) in [6.45, 7) is 10.6. The zero-order valence-corrected chi connectivity index (χ0v) is 18.9. The van der Waals surface area contributed by atoms with E-state index in [9.17, 15) is 14.2 Å². The Bertz CT molecular complexity index is 700. The Morgan fingerprint density at radius 1 is 0.964 bits per heavy atom. The molecule has 0 aliphatic heterocycles. The molecule has 158 valence electrons. The first-order valence-electron chi connectivity index (χ1n) is 9.41. The minimum absolute atomic E-state index is 0.0275. The van der Waals surface area contributed by atoms with Crippen LogP contribution in [0, 0.1) is 5.92 Å². The number of carbonyl (C=O) groups excluding carboxylic acids is 2. The Labute approximate surface area is 168 Å². The molecule has 28 heavy (non-hydrogen) atoms. The second-order valence-corrected chi connectivity index (χ2v) is 11.3. The predicted molar refractivity (Wildman–Crippen MR) is 110 cm³/mol. The first-order chi connectivity index (χ1) is 12.8. The van der Waals surface area contributed by atoms with Gasteiger partial charge in [0.15, 0.2) is 0 Å². The minimum Gasteiger partial charge on any atom is -0.460 e. The molecule has 1 aromatic rings. The summed E-state index contributed by atoms with van der Waals surface area (Å²) in [7, 11) is -1.91. The Hall–Kier alpha value is -1.65. The molecular formula is C21H33O6P. The van der Waals surface area contributed by atoms with Crippen LogP contribution in [0.15, 0.2) is 30.3 Å². The quantitative estimate of drug-likeness (QED) is 0.467. The van der Waals surface area contributed by atoms with Crippen LogP contribution in [-0.2, 0) is 28.2 Å². The average Bonchev–Trinajstić information content (AvgIpc) is 2.56. The summed E-state index contributed by atoms with van der Waals surface area (Å²) in [5.74, 6) is -1.66. The summed E-state index contributed by atoms with van der Waals surface area (Å²) in [4.78, 5) is 24.8. The third-order valence-corrected chi connectivity index (χ3v) is 6.36. The maximum atomic E-state index is 13.4. The molecule has 0 saturated heterocycles. The maximum absolute atomic E-state index is 13.4. The van der Waals surface area contributed by atoms with Crippen LogP contribution in [0.4, 0.5) is 0 Å². The first kappa shape index (κ1) is 24.4. The van der Waals surface area contributed by atoms with Gasteiger partial charge in [0.1, 0.15) is 11.2 Å². The van der Waals surface area contributed by atoms with E-state index < -0.39 is 36.4 Å². The number of benzene rings is 1. The lowest BCUT2D eigenvalue weighted by molar-refractivity contribution is -0.160. The van der Waals surface area contributed by atoms with Gasteiger partial charge in [0, 0.05) is 25.0 Å². The highest BCUT2D eigenvalue weighted by molar-refractivity contribution is 7.67. The highest BCUT2D eigenvalue weighted by Gasteiger charge is 2.35. The normalized spacial score (nSPS) is 15.4. The number of carbonyl (C=O) groups is 2. The van der Waals surface area contributed by atoms with Crippen molar-refractivity contribution in [2.24, 2.45) is 5.92 Å². The molecule has 0 spiro atoms. The highest BCUT2D eigenvalue weighted by Crippen LogP contribution is 2.47. The lowest BCUT2D eigenvalue weighted by Crippen LogP contribution is -2.32. The average molecular weight is 412 g/mol. The van der Waals surface area contributed by atoms with Gasteiger partial charge in [-0.05, 0) is 60.1 Å². The molecule has 0 heterocycles. The van der Waals surface area contributed by atoms with Crippen LogP contribution in [-0.4, -0.2) is 36.4 Å². The van der Waals surface area contributed by atoms with Crippen LogP contribution >= 0.6 is 7.37 Å². The maximum Gasteiger partial charge on any atom is 0.310 e. The third kappa shape index (κ3) is 8.57. The van der Waals surface area contributed by atoms with Crippen molar-refractivity contribution in [1.82, 2.24) is 0 Å². The zero-order valence-electron chi connectivity index (χ0n) is 18.0. The first-order valence-corrected chi connectivity index (χ1v) is 11.2. The minimum atomic E-state index is -3.28. The van der Waals surface area contributed by atoms with Gasteiger partial charge in [-0.2, -0.15) is 0 Å². The van der Waals surface area contributed by atoms with Gasteiger partial charge in [-0.25, -0.2) is 0 Å². The van der Waals surface area contributed by atoms with E-state index in [1.807, 2.05) is 6.07 Å². The van der Waals surface area contributed by atoms with Crippen molar-refractivity contribution < 1.29 is 28.2 Å². The van der Waals surface area contributed by atoms with E-state index in [4.69, 9.17) is 14.0 Å². The SMILES string of the molecule is COP(=O)(CC(CCC(=O)OC(C)(C)C)C(=O)OC(C)(C)C)c1ccccc1. The molecule has 0 amide bonds. The molecule has 2 atom stereocenters. The number of hydrogen-bond acceptors (Lipinski definition) is 6. The fraction of sp³-hybridized carbons (Fsp3) is 0.619. The number of rotatable bonds is 8. The van der Waals surface area contributed by atoms with Crippen LogP contribution in [0.25, 0.3) is 0 Å². The van der Waals surface area contributed by atoms with E-state index in [0.29, 0.717) is 5.30 Å². The Balaban J connectivity index is 3.01. The van der Waals surface area contributed by atoms with Gasteiger partial charge in [0.25, 0.3) is 0 Å². The van der Waals surface area contributed by atoms with E-state index in [1.165, 1.54) is 7.11 Å². The van der Waals surface area contributed by atoms with Crippen molar-refractivity contribution >= 4 is 24.6 Å². The second kappa shape index (κ2) is 9.71. The standard InChI is InChI=1S/C21H33O6P/c1-20(2,3)26-18(22)14-13-16(19(23)27-21(4,5)6)15-28(24,25-7)17-11-9-8-10-12-17/h8-12,16H,13-15H2,1-7H3. The van der Waals surface area contributed by atoms with E-state index in [0.717, 1.165) is 0 Å². The Morgan fingerprint density at radius 3 is 1.96 bits per heavy atom. The lowest BCUT2D eigenvalue weighted by Gasteiger charge is -2.27. The Morgan fingerprint density at radius 2 is 1.50 bits per heavy atom. The lowest BCUT2D eigenvalue weighted by atomic mass is 10.0. The van der Waals surface area contributed by atoms with Crippen LogP contribution < -0.4 is 5.30 Å². The summed E-state index contributed by atoms with van der Waals surface area (Å²) in [6.07, 6.45) is 0.162. The Kier molecular flexibility index (Phi) is 8.45. The molecular weight excluding hydrogens is 379 g/mol. The van der Waals surface area contributed by atoms with Gasteiger partial charge < -0.3 is 14.0 Å². The molecule has 0 bridgehead atoms. The van der Waals surface area contributed by atoms with Crippen molar-refractivity contribution in [3.8, 4) is 0 Å². The molecule has 0 N–H and O–H groups in total. The summed E-state index contributed by atoms with van der Waals surface area (Å²) >= 11 is 0. The summed E-state index contributed by atoms with van der Waals surface area (Å²) in [5.41, 5.74) is -1.30. The number of hydrogen-bond donors (Lipinski definition) is 0. The number of ether oxygens (including phenoxy) is 2. The van der Waals surface area contributed by atoms with Gasteiger partial charge in [0.2, 0.25) is 7.37 Å². The molecule has 0 radical (unpaired) electrons. The van der Waals surface area contributed by atoms with E-state index in [-0.39, 0.29) is 19.0 Å². The van der Waals surface area contributed by atoms with Gasteiger partial charge in [-0.15, -0.1) is 0 Å². The van der Waals surface area contributed by atoms with Crippen molar-refractivity contribution in [3.63, 3.8) is 0 Å². The van der Waals surface area contributed by atoms with Crippen molar-refractivity contribution in [2.45, 2.75) is 65.6 Å². The van der Waals surface area contributed by atoms with Crippen LogP contribution in [0.3, 0.4) is 0 Å². The fourth-order valence-corrected chi connectivity index (χ4v) is 4.69. The fourth-order valence-electron chi connectivity index (χ4n) is 2.58. The molecule has 0 aliphatic rings. The summed E-state index contributed by atoms with van der Waals surface area (Å²) < 4.78 is 29.6. The molecule has 0 fully saturated rings. The molecule has 0 aromatic heterocycles. The third-order valence-electron chi connectivity index (χ3n) is 3.76. The molecule has 7 heteroatoms. The van der Waals surface area contributed by atoms with Crippen LogP contribution in [0.2, 0.25) is 0 Å². The van der Waals surface area contributed by atoms with Crippen LogP contribution in [0.1, 0.15) is 54.4 Å². The van der Waals surface area contributed by atoms with Gasteiger partial charge in [-0.3, -0.25) is 14.2 Å². The highest BCUT2D eigenvalue weighted by atomic mass is 31.2. The van der Waals surface area contributed by atoms with Crippen molar-refractivity contribution in [2.75, 3.05) is 13.3 Å². The predicted octanol–water partition coefficient (Wildman–Crippen LogP) is 4.32. The zero-order chi connectivity index (χ0) is 21.6. The smallest absolute Gasteiger partial charge is 0.310 e. The summed E-state index contributed by atoms with van der Waals surface area (Å²) in [5, 5.41) is 0.531. The summed E-state index contributed by atoms with van der Waals surface area (Å²) in [6, 6.07) is 8.78. The molecule has 0 aliphatic carbocycles.